The van der Waals surface area contributed by atoms with E-state index in [0.717, 1.165) is 24.5 Å². The van der Waals surface area contributed by atoms with Gasteiger partial charge in [0.15, 0.2) is 0 Å². The predicted molar refractivity (Wildman–Crippen MR) is 72.2 cm³/mol. The third-order valence-corrected chi connectivity index (χ3v) is 3.90. The molecule has 0 unspecified atom stereocenters. The number of hydrogen-bond acceptors (Lipinski definition) is 5. The maximum atomic E-state index is 12.8. The Kier molecular flexibility index (Phi) is 3.70. The van der Waals surface area contributed by atoms with Crippen LogP contribution < -0.4 is 5.32 Å². The molecule has 1 aliphatic rings. The van der Waals surface area contributed by atoms with Crippen LogP contribution >= 0.6 is 11.3 Å². The molecule has 1 saturated heterocycles. The number of nitrogens with one attached hydrogen (secondary N) is 1. The average Bonchev–Trinajstić information content (AvgIpc) is 3.09. The number of carbonyl (C=O) groups is 1. The van der Waals surface area contributed by atoms with E-state index in [1.165, 1.54) is 35.6 Å². The number of amides is 1. The molecule has 1 atom stereocenters. The number of hydrogen-bond donors (Lipinski definition) is 1. The van der Waals surface area contributed by atoms with E-state index < -0.39 is 0 Å². The summed E-state index contributed by atoms with van der Waals surface area (Å²) < 4.78 is 18.3. The first kappa shape index (κ1) is 13.1. The first-order valence-electron chi connectivity index (χ1n) is 6.24. The van der Waals surface area contributed by atoms with Crippen molar-refractivity contribution in [3.63, 3.8) is 0 Å². The second-order valence-electron chi connectivity index (χ2n) is 4.41. The molecule has 2 heterocycles. The van der Waals surface area contributed by atoms with Crippen LogP contribution in [0.4, 0.5) is 9.52 Å². The molecule has 5 nitrogen and oxygen atoms in total. The fourth-order valence-corrected chi connectivity index (χ4v) is 2.78. The molecule has 0 bridgehead atoms. The molecule has 2 aromatic rings. The zero-order chi connectivity index (χ0) is 13.9. The Morgan fingerprint density at radius 2 is 2.15 bits per heavy atom. The Hall–Kier alpha value is -1.86. The van der Waals surface area contributed by atoms with Gasteiger partial charge in [-0.25, -0.2) is 4.39 Å². The zero-order valence-corrected chi connectivity index (χ0v) is 11.3. The molecule has 1 amide bonds. The molecule has 20 heavy (non-hydrogen) atoms. The van der Waals surface area contributed by atoms with Crippen LogP contribution in [0.5, 0.6) is 0 Å². The van der Waals surface area contributed by atoms with Crippen molar-refractivity contribution in [3.05, 3.63) is 40.7 Å². The fraction of sp³-hybridized carbons (Fsp3) is 0.308. The lowest BCUT2D eigenvalue weighted by Gasteiger charge is -2.02. The van der Waals surface area contributed by atoms with E-state index in [4.69, 9.17) is 4.74 Å². The number of benzene rings is 1. The van der Waals surface area contributed by atoms with Gasteiger partial charge in [0.2, 0.25) is 5.13 Å². The summed E-state index contributed by atoms with van der Waals surface area (Å²) in [6, 6.07) is 5.33. The van der Waals surface area contributed by atoms with Gasteiger partial charge < -0.3 is 4.74 Å². The maximum absolute atomic E-state index is 12.8. The van der Waals surface area contributed by atoms with Gasteiger partial charge in [-0.3, -0.25) is 10.1 Å². The summed E-state index contributed by atoms with van der Waals surface area (Å²) in [6.07, 6.45) is 1.94. The lowest BCUT2D eigenvalue weighted by atomic mass is 10.2. The number of carbonyl (C=O) groups excluding carboxylic acids is 1. The smallest absolute Gasteiger partial charge is 0.257 e. The van der Waals surface area contributed by atoms with Gasteiger partial charge in [-0.05, 0) is 37.1 Å². The summed E-state index contributed by atoms with van der Waals surface area (Å²) in [6.45, 7) is 0.738. The molecule has 104 valence electrons. The van der Waals surface area contributed by atoms with Crippen LogP contribution in [0.25, 0.3) is 0 Å². The van der Waals surface area contributed by atoms with Crippen LogP contribution in [0.15, 0.2) is 24.3 Å². The molecular formula is C13H12FN3O2S. The van der Waals surface area contributed by atoms with Crippen LogP contribution in [0.2, 0.25) is 0 Å². The second kappa shape index (κ2) is 5.64. The van der Waals surface area contributed by atoms with Crippen molar-refractivity contribution in [2.45, 2.75) is 18.9 Å². The van der Waals surface area contributed by atoms with E-state index in [-0.39, 0.29) is 17.8 Å². The maximum Gasteiger partial charge on any atom is 0.257 e. The van der Waals surface area contributed by atoms with Crippen molar-refractivity contribution < 1.29 is 13.9 Å². The van der Waals surface area contributed by atoms with Crippen molar-refractivity contribution in [3.8, 4) is 0 Å². The molecule has 0 saturated carbocycles. The molecule has 1 aromatic heterocycles. The summed E-state index contributed by atoms with van der Waals surface area (Å²) in [5.41, 5.74) is 0.375. The van der Waals surface area contributed by atoms with E-state index in [2.05, 4.69) is 15.5 Å². The van der Waals surface area contributed by atoms with Gasteiger partial charge in [0.05, 0.1) is 0 Å². The Morgan fingerprint density at radius 3 is 2.85 bits per heavy atom. The van der Waals surface area contributed by atoms with Crippen molar-refractivity contribution >= 4 is 22.4 Å². The van der Waals surface area contributed by atoms with Crippen LogP contribution in [0.1, 0.15) is 34.3 Å². The Balaban J connectivity index is 1.68. The predicted octanol–water partition coefficient (Wildman–Crippen LogP) is 2.78. The fourth-order valence-electron chi connectivity index (χ4n) is 1.96. The molecule has 1 fully saturated rings. The van der Waals surface area contributed by atoms with Crippen molar-refractivity contribution in [1.29, 1.82) is 0 Å². The molecule has 1 aromatic carbocycles. The highest BCUT2D eigenvalue weighted by Gasteiger charge is 2.22. The second-order valence-corrected chi connectivity index (χ2v) is 5.42. The first-order chi connectivity index (χ1) is 9.72. The van der Waals surface area contributed by atoms with Crippen LogP contribution in [-0.2, 0) is 4.74 Å². The monoisotopic (exact) mass is 293 g/mol. The third-order valence-electron chi connectivity index (χ3n) is 2.97. The van der Waals surface area contributed by atoms with Gasteiger partial charge in [0.1, 0.15) is 16.9 Å². The average molecular weight is 293 g/mol. The van der Waals surface area contributed by atoms with Gasteiger partial charge in [-0.15, -0.1) is 10.2 Å². The number of rotatable bonds is 3. The summed E-state index contributed by atoms with van der Waals surface area (Å²) >= 11 is 1.30. The van der Waals surface area contributed by atoms with E-state index >= 15 is 0 Å². The summed E-state index contributed by atoms with van der Waals surface area (Å²) in [5, 5.41) is 11.8. The third kappa shape index (κ3) is 2.83. The normalized spacial score (nSPS) is 18.1. The Morgan fingerprint density at radius 1 is 1.35 bits per heavy atom. The highest BCUT2D eigenvalue weighted by Crippen LogP contribution is 2.31. The minimum atomic E-state index is -0.377. The summed E-state index contributed by atoms with van der Waals surface area (Å²) in [7, 11) is 0. The molecular weight excluding hydrogens is 281 g/mol. The molecule has 0 aliphatic carbocycles. The SMILES string of the molecule is O=C(Nc1nnc([C@@H]2CCCO2)s1)c1ccc(F)cc1. The molecule has 1 aliphatic heterocycles. The summed E-state index contributed by atoms with van der Waals surface area (Å²) in [4.78, 5) is 11.9. The standard InChI is InChI=1S/C13H12FN3O2S/c14-9-5-3-8(4-6-9)11(18)15-13-17-16-12(20-13)10-2-1-7-19-10/h3-6,10H,1-2,7H2,(H,15,17,18)/t10-/m0/s1. The van der Waals surface area contributed by atoms with Crippen LogP contribution in [0, 0.1) is 5.82 Å². The topological polar surface area (TPSA) is 64.1 Å². The number of anilines is 1. The number of halogens is 1. The van der Waals surface area contributed by atoms with E-state index in [0.29, 0.717) is 10.7 Å². The number of ether oxygens (including phenoxy) is 1. The number of aromatic nitrogens is 2. The van der Waals surface area contributed by atoms with E-state index in [1.54, 1.807) is 0 Å². The van der Waals surface area contributed by atoms with Crippen molar-refractivity contribution in [2.75, 3.05) is 11.9 Å². The number of nitrogens with zero attached hydrogens (tertiary/aromatic N) is 2. The lowest BCUT2D eigenvalue weighted by Crippen LogP contribution is -2.11. The summed E-state index contributed by atoms with van der Waals surface area (Å²) in [5.74, 6) is -0.710. The highest BCUT2D eigenvalue weighted by atomic mass is 32.1. The van der Waals surface area contributed by atoms with Gasteiger partial charge >= 0.3 is 0 Å². The molecule has 3 rings (SSSR count). The quantitative estimate of drug-likeness (QED) is 0.945. The molecule has 0 spiro atoms. The van der Waals surface area contributed by atoms with Crippen molar-refractivity contribution in [2.24, 2.45) is 0 Å². The van der Waals surface area contributed by atoms with Gasteiger partial charge in [-0.1, -0.05) is 11.3 Å². The Bertz CT molecular complexity index is 608. The van der Waals surface area contributed by atoms with Crippen LogP contribution in [-0.4, -0.2) is 22.7 Å². The van der Waals surface area contributed by atoms with E-state index in [1.807, 2.05) is 0 Å². The van der Waals surface area contributed by atoms with Gasteiger partial charge in [0, 0.05) is 12.2 Å². The van der Waals surface area contributed by atoms with E-state index in [9.17, 15) is 9.18 Å². The first-order valence-corrected chi connectivity index (χ1v) is 7.06. The van der Waals surface area contributed by atoms with Gasteiger partial charge in [-0.2, -0.15) is 0 Å². The largest absolute Gasteiger partial charge is 0.371 e. The minimum absolute atomic E-state index is 0.0102. The molecule has 0 radical (unpaired) electrons. The Labute approximate surface area is 118 Å². The zero-order valence-electron chi connectivity index (χ0n) is 10.5. The minimum Gasteiger partial charge on any atom is -0.371 e. The molecule has 1 N–H and O–H groups in total. The molecule has 7 heteroatoms. The highest BCUT2D eigenvalue weighted by molar-refractivity contribution is 7.15. The van der Waals surface area contributed by atoms with Gasteiger partial charge in [0.25, 0.3) is 5.91 Å². The van der Waals surface area contributed by atoms with Crippen molar-refractivity contribution in [1.82, 2.24) is 10.2 Å². The van der Waals surface area contributed by atoms with Crippen LogP contribution in [0.3, 0.4) is 0 Å². The lowest BCUT2D eigenvalue weighted by molar-refractivity contribution is 0.102.